The van der Waals surface area contributed by atoms with Crippen molar-refractivity contribution < 1.29 is 28.6 Å². The number of hydrogen-bond acceptors (Lipinski definition) is 7. The van der Waals surface area contributed by atoms with E-state index in [1.165, 1.54) is 0 Å². The molecule has 4 N–H and O–H groups in total. The third kappa shape index (κ3) is 10.8. The van der Waals surface area contributed by atoms with Crippen LogP contribution in [-0.2, 0) is 23.8 Å². The van der Waals surface area contributed by atoms with Gasteiger partial charge in [0.15, 0.2) is 0 Å². The number of urea groups is 1. The van der Waals surface area contributed by atoms with Crippen LogP contribution in [0.25, 0.3) is 0 Å². The quantitative estimate of drug-likeness (QED) is 0.167. The Labute approximate surface area is 194 Å². The summed E-state index contributed by atoms with van der Waals surface area (Å²) >= 11 is 1.90. The first-order valence-electron chi connectivity index (χ1n) is 11.6. The summed E-state index contributed by atoms with van der Waals surface area (Å²) in [6.07, 6.45) is 3.85. The van der Waals surface area contributed by atoms with Crippen molar-refractivity contribution in [3.8, 4) is 0 Å². The Morgan fingerprint density at radius 2 is 1.56 bits per heavy atom. The molecule has 4 amide bonds. The summed E-state index contributed by atoms with van der Waals surface area (Å²) in [5, 5.41) is 12.0. The first kappa shape index (κ1) is 26.7. The normalized spacial score (nSPS) is 21.7. The third-order valence-corrected chi connectivity index (χ3v) is 6.79. The van der Waals surface area contributed by atoms with Crippen molar-refractivity contribution in [2.45, 2.75) is 56.4 Å². The maximum Gasteiger partial charge on any atom is 0.315 e. The minimum Gasteiger partial charge on any atom is -0.377 e. The lowest BCUT2D eigenvalue weighted by Gasteiger charge is -2.16. The van der Waals surface area contributed by atoms with Gasteiger partial charge in [0.25, 0.3) is 0 Å². The van der Waals surface area contributed by atoms with Gasteiger partial charge in [-0.05, 0) is 12.8 Å². The zero-order chi connectivity index (χ0) is 23.0. The smallest absolute Gasteiger partial charge is 0.315 e. The largest absolute Gasteiger partial charge is 0.377 e. The van der Waals surface area contributed by atoms with Crippen molar-refractivity contribution in [2.24, 2.45) is 0 Å². The lowest BCUT2D eigenvalue weighted by molar-refractivity contribution is -0.122. The first-order valence-corrected chi connectivity index (χ1v) is 12.6. The maximum atomic E-state index is 11.9. The highest BCUT2D eigenvalue weighted by molar-refractivity contribution is 8.00. The van der Waals surface area contributed by atoms with E-state index in [0.717, 1.165) is 25.0 Å². The van der Waals surface area contributed by atoms with Crippen LogP contribution in [0.2, 0.25) is 0 Å². The van der Waals surface area contributed by atoms with E-state index in [0.29, 0.717) is 70.8 Å². The van der Waals surface area contributed by atoms with E-state index < -0.39 is 0 Å². The van der Waals surface area contributed by atoms with Gasteiger partial charge < -0.3 is 35.5 Å². The average Bonchev–Trinajstić information content (AvgIpc) is 3.33. The number of unbranched alkanes of at least 4 members (excludes halogenated alkanes) is 1. The van der Waals surface area contributed by atoms with Crippen molar-refractivity contribution in [2.75, 3.05) is 58.5 Å². The van der Waals surface area contributed by atoms with Crippen LogP contribution in [0, 0.1) is 0 Å². The van der Waals surface area contributed by atoms with E-state index >= 15 is 0 Å². The van der Waals surface area contributed by atoms with Gasteiger partial charge in [-0.25, -0.2) is 4.79 Å². The molecule has 2 heterocycles. The molecule has 0 aromatic rings. The molecule has 184 valence electrons. The Morgan fingerprint density at radius 3 is 2.22 bits per heavy atom. The predicted octanol–water partition coefficient (Wildman–Crippen LogP) is 0.404. The molecule has 3 unspecified atom stereocenters. The number of rotatable bonds is 18. The van der Waals surface area contributed by atoms with E-state index in [1.807, 2.05) is 18.7 Å². The Balaban J connectivity index is 1.30. The highest BCUT2D eigenvalue weighted by atomic mass is 32.2. The molecule has 32 heavy (non-hydrogen) atoms. The van der Waals surface area contributed by atoms with Crippen LogP contribution in [0.3, 0.4) is 0 Å². The van der Waals surface area contributed by atoms with Crippen LogP contribution in [-0.4, -0.2) is 93.7 Å². The summed E-state index contributed by atoms with van der Waals surface area (Å²) in [4.78, 5) is 34.3. The summed E-state index contributed by atoms with van der Waals surface area (Å²) < 4.78 is 16.2. The number of hydrogen-bond donors (Lipinski definition) is 4. The van der Waals surface area contributed by atoms with Gasteiger partial charge >= 0.3 is 6.03 Å². The van der Waals surface area contributed by atoms with E-state index in [9.17, 15) is 14.4 Å². The fourth-order valence-electron chi connectivity index (χ4n) is 3.55. The van der Waals surface area contributed by atoms with Gasteiger partial charge in [-0.1, -0.05) is 13.3 Å². The molecular formula is C21H38N4O6S. The van der Waals surface area contributed by atoms with Crippen molar-refractivity contribution in [1.29, 1.82) is 0 Å². The fourth-order valence-corrected chi connectivity index (χ4v) is 5.10. The van der Waals surface area contributed by atoms with Gasteiger partial charge in [-0.3, -0.25) is 9.59 Å². The summed E-state index contributed by atoms with van der Waals surface area (Å²) in [6, 6.07) is 0.429. The second-order valence-electron chi connectivity index (χ2n) is 7.76. The van der Waals surface area contributed by atoms with Crippen LogP contribution in [0.5, 0.6) is 0 Å². The monoisotopic (exact) mass is 474 g/mol. The molecule has 0 saturated carbocycles. The number of nitrogens with one attached hydrogen (secondary N) is 4. The van der Waals surface area contributed by atoms with Gasteiger partial charge in [0.2, 0.25) is 11.8 Å². The number of carbonyl (C=O) groups is 3. The lowest BCUT2D eigenvalue weighted by Crippen LogP contribution is -2.36. The Kier molecular flexibility index (Phi) is 13.4. The number of amides is 4. The molecule has 0 aromatic heterocycles. The molecule has 11 heteroatoms. The van der Waals surface area contributed by atoms with Crippen molar-refractivity contribution in [3.63, 3.8) is 0 Å². The van der Waals surface area contributed by atoms with Gasteiger partial charge in [0.1, 0.15) is 0 Å². The van der Waals surface area contributed by atoms with E-state index in [1.54, 1.807) is 0 Å². The van der Waals surface area contributed by atoms with E-state index in [-0.39, 0.29) is 29.9 Å². The molecule has 0 bridgehead atoms. The summed E-state index contributed by atoms with van der Waals surface area (Å²) in [6.45, 7) is 5.64. The van der Waals surface area contributed by atoms with Crippen LogP contribution >= 0.6 is 11.8 Å². The molecule has 2 aliphatic heterocycles. The lowest BCUT2D eigenvalue weighted by atomic mass is 10.0. The van der Waals surface area contributed by atoms with Crippen molar-refractivity contribution >= 4 is 29.6 Å². The second-order valence-corrected chi connectivity index (χ2v) is 9.03. The van der Waals surface area contributed by atoms with Crippen LogP contribution in [0.15, 0.2) is 0 Å². The topological polar surface area (TPSA) is 127 Å². The minimum atomic E-state index is -0.0573. The Morgan fingerprint density at radius 1 is 0.938 bits per heavy atom. The summed E-state index contributed by atoms with van der Waals surface area (Å²) in [7, 11) is 0. The van der Waals surface area contributed by atoms with Gasteiger partial charge in [0.05, 0.1) is 51.7 Å². The van der Waals surface area contributed by atoms with Gasteiger partial charge in [-0.2, -0.15) is 11.8 Å². The Hall–Kier alpha value is -1.56. The number of carbonyl (C=O) groups excluding carboxylic acids is 3. The predicted molar refractivity (Wildman–Crippen MR) is 123 cm³/mol. The maximum absolute atomic E-state index is 11.9. The summed E-state index contributed by atoms with van der Waals surface area (Å²) in [5.74, 6) is 1.03. The average molecular weight is 475 g/mol. The number of ether oxygens (including phenoxy) is 3. The molecule has 0 spiro atoms. The molecule has 0 radical (unpaired) electrons. The minimum absolute atomic E-state index is 0.0221. The first-order chi connectivity index (χ1) is 15.6. The van der Waals surface area contributed by atoms with Crippen molar-refractivity contribution in [3.05, 3.63) is 0 Å². The summed E-state index contributed by atoms with van der Waals surface area (Å²) in [5.41, 5.74) is 0. The molecule has 0 aromatic carbocycles. The van der Waals surface area contributed by atoms with Crippen LogP contribution < -0.4 is 21.3 Å². The van der Waals surface area contributed by atoms with Gasteiger partial charge in [0, 0.05) is 36.9 Å². The molecular weight excluding hydrogens is 436 g/mol. The molecule has 2 fully saturated rings. The Bertz CT molecular complexity index is 582. The highest BCUT2D eigenvalue weighted by Gasteiger charge is 2.42. The van der Waals surface area contributed by atoms with Crippen LogP contribution in [0.4, 0.5) is 4.79 Å². The standard InChI is InChI=1S/C21H38N4O6S/c1-2-18(26)22-7-9-29-11-13-31-14-12-30-10-8-23-19(27)6-4-3-5-17-20-16(15-32-17)24-21(28)25-20/h16-17,20H,2-15H2,1H3,(H,22,26)(H,23,27)(H2,24,25,28). The van der Waals surface area contributed by atoms with E-state index in [4.69, 9.17) is 14.2 Å². The molecule has 10 nitrogen and oxygen atoms in total. The molecule has 2 aliphatic rings. The molecule has 3 atom stereocenters. The molecule has 2 rings (SSSR count). The SMILES string of the molecule is CCC(=O)NCCOCCOCCOCCNC(=O)CCCCC1SCC2NC(=O)NC21. The highest BCUT2D eigenvalue weighted by Crippen LogP contribution is 2.33. The van der Waals surface area contributed by atoms with Crippen molar-refractivity contribution in [1.82, 2.24) is 21.3 Å². The van der Waals surface area contributed by atoms with E-state index in [2.05, 4.69) is 21.3 Å². The second kappa shape index (κ2) is 16.1. The molecule has 0 aliphatic carbocycles. The molecule has 2 saturated heterocycles. The zero-order valence-corrected chi connectivity index (χ0v) is 19.8. The van der Waals surface area contributed by atoms with Gasteiger partial charge in [-0.15, -0.1) is 0 Å². The third-order valence-electron chi connectivity index (χ3n) is 5.28. The number of thioether (sulfide) groups is 1. The van der Waals surface area contributed by atoms with Crippen LogP contribution in [0.1, 0.15) is 39.0 Å². The fraction of sp³-hybridized carbons (Fsp3) is 0.857. The zero-order valence-electron chi connectivity index (χ0n) is 19.0. The number of fused-ring (bicyclic) bond motifs is 1.